The van der Waals surface area contributed by atoms with Crippen LogP contribution < -0.4 is 4.74 Å². The molecule has 2 aromatic carbocycles. The molecule has 2 aromatic heterocycles. The van der Waals surface area contributed by atoms with Crippen molar-refractivity contribution in [3.63, 3.8) is 0 Å². The molecule has 0 fully saturated rings. The minimum atomic E-state index is 0.479. The molecule has 2 heterocycles. The lowest BCUT2D eigenvalue weighted by molar-refractivity contribution is 0.306. The number of nitriles is 1. The predicted octanol–water partition coefficient (Wildman–Crippen LogP) is 5.94. The van der Waals surface area contributed by atoms with E-state index in [1.54, 1.807) is 23.6 Å². The second-order valence-corrected chi connectivity index (χ2v) is 7.57. The van der Waals surface area contributed by atoms with Gasteiger partial charge in [0.1, 0.15) is 18.4 Å². The zero-order chi connectivity index (χ0) is 20.2. The number of ether oxygens (including phenoxy) is 1. The van der Waals surface area contributed by atoms with Crippen LogP contribution >= 0.6 is 11.3 Å². The summed E-state index contributed by atoms with van der Waals surface area (Å²) in [4.78, 5) is 8.80. The number of nitrogens with zero attached hydrogens (tertiary/aromatic N) is 3. The van der Waals surface area contributed by atoms with Gasteiger partial charge in [-0.05, 0) is 55.3 Å². The van der Waals surface area contributed by atoms with E-state index >= 15 is 0 Å². The summed E-state index contributed by atoms with van der Waals surface area (Å²) >= 11 is 1.58. The van der Waals surface area contributed by atoms with Gasteiger partial charge in [0.15, 0.2) is 0 Å². The highest BCUT2D eigenvalue weighted by molar-refractivity contribution is 7.07. The Hall–Kier alpha value is -3.49. The van der Waals surface area contributed by atoms with Crippen LogP contribution in [-0.2, 0) is 6.61 Å². The lowest BCUT2D eigenvalue weighted by Crippen LogP contribution is -2.00. The Morgan fingerprint density at radius 1 is 1.00 bits per heavy atom. The fourth-order valence-corrected chi connectivity index (χ4v) is 3.67. The van der Waals surface area contributed by atoms with Gasteiger partial charge in [0.25, 0.3) is 0 Å². The van der Waals surface area contributed by atoms with Crippen LogP contribution in [0.2, 0.25) is 0 Å². The number of rotatable bonds is 5. The highest BCUT2D eigenvalue weighted by atomic mass is 32.1. The van der Waals surface area contributed by atoms with Gasteiger partial charge >= 0.3 is 0 Å². The molecule has 0 unspecified atom stereocenters. The lowest BCUT2D eigenvalue weighted by atomic mass is 10.0. The van der Waals surface area contributed by atoms with E-state index in [0.29, 0.717) is 12.2 Å². The first kappa shape index (κ1) is 18.9. The van der Waals surface area contributed by atoms with E-state index in [0.717, 1.165) is 39.4 Å². The van der Waals surface area contributed by atoms with Crippen molar-refractivity contribution in [2.75, 3.05) is 0 Å². The Morgan fingerprint density at radius 3 is 2.59 bits per heavy atom. The van der Waals surface area contributed by atoms with Crippen molar-refractivity contribution in [3.8, 4) is 34.3 Å². The summed E-state index contributed by atoms with van der Waals surface area (Å²) in [5.41, 5.74) is 9.65. The first-order valence-electron chi connectivity index (χ1n) is 9.22. The van der Waals surface area contributed by atoms with Crippen LogP contribution in [0.5, 0.6) is 5.75 Å². The third kappa shape index (κ3) is 4.18. The van der Waals surface area contributed by atoms with Crippen LogP contribution in [-0.4, -0.2) is 9.97 Å². The van der Waals surface area contributed by atoms with E-state index in [4.69, 9.17) is 10.00 Å². The largest absolute Gasteiger partial charge is 0.488 e. The molecule has 0 radical (unpaired) electrons. The Balaban J connectivity index is 1.54. The topological polar surface area (TPSA) is 58.8 Å². The summed E-state index contributed by atoms with van der Waals surface area (Å²) in [5, 5.41) is 11.0. The van der Waals surface area contributed by atoms with E-state index < -0.39 is 0 Å². The number of benzene rings is 2. The first-order valence-corrected chi connectivity index (χ1v) is 10.2. The molecule has 0 saturated carbocycles. The van der Waals surface area contributed by atoms with Gasteiger partial charge in [-0.2, -0.15) is 5.26 Å². The van der Waals surface area contributed by atoms with E-state index in [2.05, 4.69) is 54.2 Å². The van der Waals surface area contributed by atoms with E-state index in [1.165, 1.54) is 5.56 Å². The van der Waals surface area contributed by atoms with Crippen molar-refractivity contribution in [1.82, 2.24) is 9.97 Å². The van der Waals surface area contributed by atoms with Crippen molar-refractivity contribution < 1.29 is 4.74 Å². The number of hydrogen-bond acceptors (Lipinski definition) is 5. The fourth-order valence-electron chi connectivity index (χ4n) is 3.12. The summed E-state index contributed by atoms with van der Waals surface area (Å²) in [6.07, 6.45) is 1.60. The minimum Gasteiger partial charge on any atom is -0.488 e. The molecule has 0 saturated heterocycles. The third-order valence-electron chi connectivity index (χ3n) is 4.76. The first-order chi connectivity index (χ1) is 14.1. The van der Waals surface area contributed by atoms with Gasteiger partial charge in [-0.3, -0.25) is 4.98 Å². The Kier molecular flexibility index (Phi) is 5.37. The molecule has 0 amide bonds. The fraction of sp³-hybridized carbons (Fsp3) is 0.125. The monoisotopic (exact) mass is 397 g/mol. The maximum atomic E-state index is 8.92. The molecule has 4 rings (SSSR count). The van der Waals surface area contributed by atoms with Gasteiger partial charge in [-0.15, -0.1) is 11.3 Å². The van der Waals surface area contributed by atoms with Crippen LogP contribution in [0.4, 0.5) is 0 Å². The second kappa shape index (κ2) is 8.26. The molecule has 4 nitrogen and oxygen atoms in total. The predicted molar refractivity (Wildman–Crippen MR) is 116 cm³/mol. The van der Waals surface area contributed by atoms with Crippen LogP contribution in [0.1, 0.15) is 22.3 Å². The van der Waals surface area contributed by atoms with Crippen molar-refractivity contribution in [2.45, 2.75) is 20.5 Å². The Labute approximate surface area is 174 Å². The minimum absolute atomic E-state index is 0.479. The van der Waals surface area contributed by atoms with E-state index in [-0.39, 0.29) is 0 Å². The van der Waals surface area contributed by atoms with Crippen molar-refractivity contribution in [2.24, 2.45) is 0 Å². The Morgan fingerprint density at radius 2 is 1.90 bits per heavy atom. The molecule has 0 aliphatic rings. The third-order valence-corrected chi connectivity index (χ3v) is 5.34. The maximum absolute atomic E-state index is 8.92. The van der Waals surface area contributed by atoms with Gasteiger partial charge in [-0.1, -0.05) is 23.8 Å². The molecule has 5 heteroatoms. The smallest absolute Gasteiger partial charge is 0.129 e. The number of aromatic nitrogens is 2. The van der Waals surface area contributed by atoms with Crippen LogP contribution in [0.3, 0.4) is 0 Å². The molecule has 0 N–H and O–H groups in total. The van der Waals surface area contributed by atoms with Gasteiger partial charge < -0.3 is 4.74 Å². The Bertz CT molecular complexity index is 1180. The molecule has 29 heavy (non-hydrogen) atoms. The highest BCUT2D eigenvalue weighted by Gasteiger charge is 2.10. The highest BCUT2D eigenvalue weighted by Crippen LogP contribution is 2.32. The zero-order valence-electron chi connectivity index (χ0n) is 16.2. The summed E-state index contributed by atoms with van der Waals surface area (Å²) in [5.74, 6) is 0.832. The van der Waals surface area contributed by atoms with Crippen molar-refractivity contribution in [3.05, 3.63) is 87.9 Å². The maximum Gasteiger partial charge on any atom is 0.129 e. The quantitative estimate of drug-likeness (QED) is 0.418. The van der Waals surface area contributed by atoms with Crippen LogP contribution in [0, 0.1) is 25.2 Å². The van der Waals surface area contributed by atoms with Crippen LogP contribution in [0.15, 0.2) is 65.6 Å². The van der Waals surface area contributed by atoms with E-state index in [9.17, 15) is 0 Å². The molecule has 4 aromatic rings. The SMILES string of the molecule is Cc1ccc(OCc2ccc(-c3ccc(C#N)cn3)cc2C)c(-c2cscn2)c1. The molecular weight excluding hydrogens is 378 g/mol. The lowest BCUT2D eigenvalue weighted by Gasteiger charge is -2.13. The number of aryl methyl sites for hydroxylation is 2. The molecule has 0 aliphatic carbocycles. The van der Waals surface area contributed by atoms with Gasteiger partial charge in [0.2, 0.25) is 0 Å². The number of thiazole rings is 1. The summed E-state index contributed by atoms with van der Waals surface area (Å²) in [6, 6.07) is 18.1. The number of hydrogen-bond donors (Lipinski definition) is 0. The normalized spacial score (nSPS) is 10.5. The average Bonchev–Trinajstić information content (AvgIpc) is 3.28. The molecular formula is C24H19N3OS. The van der Waals surface area contributed by atoms with Crippen molar-refractivity contribution >= 4 is 11.3 Å². The van der Waals surface area contributed by atoms with Gasteiger partial charge in [0, 0.05) is 22.7 Å². The van der Waals surface area contributed by atoms with Gasteiger partial charge in [0.05, 0.1) is 22.5 Å². The van der Waals surface area contributed by atoms with Crippen LogP contribution in [0.25, 0.3) is 22.5 Å². The standard InChI is InChI=1S/C24H19N3OS/c1-16-3-8-24(21(9-16)23-14-29-15-27-23)28-13-20-6-5-19(10-17(20)2)22-7-4-18(11-25)12-26-22/h3-10,12,14-15H,13H2,1-2H3. The second-order valence-electron chi connectivity index (χ2n) is 6.85. The molecule has 142 valence electrons. The summed E-state index contributed by atoms with van der Waals surface area (Å²) < 4.78 is 6.17. The summed E-state index contributed by atoms with van der Waals surface area (Å²) in [6.45, 7) is 4.62. The van der Waals surface area contributed by atoms with Gasteiger partial charge in [-0.25, -0.2) is 4.98 Å². The average molecular weight is 398 g/mol. The molecule has 0 spiro atoms. The summed E-state index contributed by atoms with van der Waals surface area (Å²) in [7, 11) is 0. The zero-order valence-corrected chi connectivity index (χ0v) is 17.0. The van der Waals surface area contributed by atoms with E-state index in [1.807, 2.05) is 29.1 Å². The van der Waals surface area contributed by atoms with Crippen molar-refractivity contribution in [1.29, 1.82) is 5.26 Å². The number of pyridine rings is 1. The molecule has 0 atom stereocenters. The molecule has 0 bridgehead atoms. The molecule has 0 aliphatic heterocycles.